The second kappa shape index (κ2) is 7.90. The zero-order valence-corrected chi connectivity index (χ0v) is 14.7. The molecule has 0 saturated heterocycles. The number of hydrogen-bond acceptors (Lipinski definition) is 3. The van der Waals surface area contributed by atoms with Crippen molar-refractivity contribution in [2.75, 3.05) is 5.32 Å². The predicted octanol–water partition coefficient (Wildman–Crippen LogP) is 5.63. The van der Waals surface area contributed by atoms with Gasteiger partial charge in [-0.05, 0) is 12.1 Å². The molecule has 0 heterocycles. The number of anilines is 1. The molecule has 18 heteroatoms. The lowest BCUT2D eigenvalue weighted by Crippen LogP contribution is -2.70. The zero-order chi connectivity index (χ0) is 24.8. The maximum absolute atomic E-state index is 13.7. The molecule has 0 atom stereocenters. The molecule has 0 aliphatic heterocycles. The quantitative estimate of drug-likeness (QED) is 0.286. The first kappa shape index (κ1) is 26.6. The number of alkyl halides is 12. The first-order chi connectivity index (χ1) is 13.7. The second-order valence-electron chi connectivity index (χ2n) is 5.60. The van der Waals surface area contributed by atoms with Crippen LogP contribution in [0.4, 0.5) is 64.1 Å². The third-order valence-corrected chi connectivity index (χ3v) is 3.88. The average Bonchev–Trinajstić information content (AvgIpc) is 2.61. The minimum Gasteiger partial charge on any atom is -0.320 e. The van der Waals surface area contributed by atoms with Gasteiger partial charge in [-0.15, -0.1) is 0 Å². The van der Waals surface area contributed by atoms with E-state index >= 15 is 0 Å². The molecule has 1 N–H and O–H groups in total. The maximum Gasteiger partial charge on any atom is 0.393 e. The molecule has 176 valence electrons. The number of benzene rings is 1. The molecular weight excluding hydrogens is 496 g/mol. The van der Waals surface area contributed by atoms with Crippen LogP contribution in [0.2, 0.25) is 5.02 Å². The van der Waals surface area contributed by atoms with Gasteiger partial charge in [0.2, 0.25) is 0 Å². The fraction of sp³-hybridized carbons (Fsp3) is 0.462. The number of nitrogens with zero attached hydrogens (tertiary/aromatic N) is 1. The highest BCUT2D eigenvalue weighted by molar-refractivity contribution is 6.32. The third-order valence-electron chi connectivity index (χ3n) is 3.56. The van der Waals surface area contributed by atoms with Gasteiger partial charge in [0.1, 0.15) is 5.02 Å². The molecule has 1 rings (SSSR count). The van der Waals surface area contributed by atoms with Gasteiger partial charge in [-0.1, -0.05) is 11.6 Å². The maximum atomic E-state index is 13.7. The summed E-state index contributed by atoms with van der Waals surface area (Å²) in [6.45, 7) is 0. The standard InChI is InChI=1S/C13H5ClF12N2O3/c14-5-2-1-4(3-6(5)28(30)31)27-8(29)10(19,20)12(23,24)13(25,26)11(21,22)9(17,18)7(15)16/h1-3,7H,(H,27,29). The Morgan fingerprint density at radius 3 is 1.84 bits per heavy atom. The van der Waals surface area contributed by atoms with Crippen LogP contribution >= 0.6 is 11.6 Å². The van der Waals surface area contributed by atoms with Crippen molar-refractivity contribution in [1.29, 1.82) is 0 Å². The van der Waals surface area contributed by atoms with Crippen molar-refractivity contribution in [2.45, 2.75) is 36.0 Å². The third kappa shape index (κ3) is 4.06. The summed E-state index contributed by atoms with van der Waals surface area (Å²) in [4.78, 5) is 20.7. The molecule has 0 aliphatic carbocycles. The van der Waals surface area contributed by atoms with E-state index in [1.165, 1.54) is 0 Å². The molecule has 0 aromatic heterocycles. The van der Waals surface area contributed by atoms with Gasteiger partial charge in [0.25, 0.3) is 5.69 Å². The molecular formula is C13H5ClF12N2O3. The van der Waals surface area contributed by atoms with Crippen LogP contribution in [0.3, 0.4) is 0 Å². The van der Waals surface area contributed by atoms with Crippen molar-refractivity contribution >= 4 is 28.9 Å². The van der Waals surface area contributed by atoms with Gasteiger partial charge in [-0.2, -0.15) is 43.9 Å². The first-order valence-corrected chi connectivity index (χ1v) is 7.46. The van der Waals surface area contributed by atoms with Crippen LogP contribution in [0.5, 0.6) is 0 Å². The lowest BCUT2D eigenvalue weighted by Gasteiger charge is -2.38. The van der Waals surface area contributed by atoms with E-state index in [2.05, 4.69) is 0 Å². The van der Waals surface area contributed by atoms with E-state index < -0.39 is 63.3 Å². The van der Waals surface area contributed by atoms with E-state index in [0.717, 1.165) is 5.32 Å². The Kier molecular flexibility index (Phi) is 6.78. The SMILES string of the molecule is O=C(Nc1ccc(Cl)c([N+](=O)[O-])c1)C(F)(F)C(F)(F)C(F)(F)C(F)(F)C(F)(F)C(F)F. The van der Waals surface area contributed by atoms with Crippen LogP contribution < -0.4 is 5.32 Å². The summed E-state index contributed by atoms with van der Waals surface area (Å²) in [6.07, 6.45) is -5.68. The largest absolute Gasteiger partial charge is 0.393 e. The summed E-state index contributed by atoms with van der Waals surface area (Å²) in [7, 11) is 0. The van der Waals surface area contributed by atoms with Crippen LogP contribution in [-0.2, 0) is 4.79 Å². The average molecular weight is 501 g/mol. The van der Waals surface area contributed by atoms with Crippen molar-refractivity contribution in [1.82, 2.24) is 0 Å². The second-order valence-corrected chi connectivity index (χ2v) is 6.01. The van der Waals surface area contributed by atoms with E-state index in [4.69, 9.17) is 11.6 Å². The summed E-state index contributed by atoms with van der Waals surface area (Å²) in [5.74, 6) is -40.9. The van der Waals surface area contributed by atoms with Crippen LogP contribution in [-0.4, -0.2) is 46.9 Å². The molecule has 0 unspecified atom stereocenters. The fourth-order valence-corrected chi connectivity index (χ4v) is 2.01. The molecule has 1 aromatic carbocycles. The molecule has 0 saturated carbocycles. The smallest absolute Gasteiger partial charge is 0.320 e. The Bertz CT molecular complexity index is 877. The van der Waals surface area contributed by atoms with E-state index in [-0.39, 0.29) is 6.07 Å². The van der Waals surface area contributed by atoms with Crippen LogP contribution in [0.25, 0.3) is 0 Å². The van der Waals surface area contributed by atoms with E-state index in [1.54, 1.807) is 0 Å². The van der Waals surface area contributed by atoms with Crippen LogP contribution in [0, 0.1) is 10.1 Å². The molecule has 1 amide bonds. The number of rotatable bonds is 8. The van der Waals surface area contributed by atoms with E-state index in [0.29, 0.717) is 12.1 Å². The molecule has 0 fully saturated rings. The van der Waals surface area contributed by atoms with Crippen molar-refractivity contribution in [3.05, 3.63) is 33.3 Å². The van der Waals surface area contributed by atoms with Gasteiger partial charge in [0.05, 0.1) is 4.92 Å². The number of nitrogens with one attached hydrogen (secondary N) is 1. The summed E-state index contributed by atoms with van der Waals surface area (Å²) in [5.41, 5.74) is -2.26. The predicted molar refractivity (Wildman–Crippen MR) is 77.5 cm³/mol. The minimum absolute atomic E-state index is 0.173. The van der Waals surface area contributed by atoms with Gasteiger partial charge in [-0.25, -0.2) is 8.78 Å². The number of halogens is 13. The topological polar surface area (TPSA) is 72.2 Å². The number of carbonyl (C=O) groups is 1. The molecule has 0 spiro atoms. The Morgan fingerprint density at radius 2 is 1.42 bits per heavy atom. The molecule has 0 aliphatic rings. The molecule has 1 aromatic rings. The first-order valence-electron chi connectivity index (χ1n) is 7.08. The summed E-state index contributed by atoms with van der Waals surface area (Å²) in [5, 5.41) is 10.7. The highest BCUT2D eigenvalue weighted by Gasteiger charge is 2.89. The Balaban J connectivity index is 3.39. The molecule has 0 bridgehead atoms. The van der Waals surface area contributed by atoms with Crippen molar-refractivity contribution in [3.8, 4) is 0 Å². The summed E-state index contributed by atoms with van der Waals surface area (Å²) < 4.78 is 157. The highest BCUT2D eigenvalue weighted by atomic mass is 35.5. The highest BCUT2D eigenvalue weighted by Crippen LogP contribution is 2.58. The summed E-state index contributed by atoms with van der Waals surface area (Å²) in [6, 6.07) is 1.18. The van der Waals surface area contributed by atoms with Crippen molar-refractivity contribution in [2.24, 2.45) is 0 Å². The van der Waals surface area contributed by atoms with Gasteiger partial charge in [0.15, 0.2) is 0 Å². The van der Waals surface area contributed by atoms with Crippen LogP contribution in [0.1, 0.15) is 0 Å². The molecule has 0 radical (unpaired) electrons. The fourth-order valence-electron chi connectivity index (χ4n) is 1.82. The number of nitro benzene ring substituents is 1. The summed E-state index contributed by atoms with van der Waals surface area (Å²) >= 11 is 5.33. The van der Waals surface area contributed by atoms with E-state index in [9.17, 15) is 67.6 Å². The number of carbonyl (C=O) groups excluding carboxylic acids is 1. The van der Waals surface area contributed by atoms with E-state index in [1.807, 2.05) is 0 Å². The minimum atomic E-state index is -7.88. The van der Waals surface area contributed by atoms with Gasteiger partial charge in [0, 0.05) is 11.8 Å². The molecule has 31 heavy (non-hydrogen) atoms. The lowest BCUT2D eigenvalue weighted by atomic mass is 9.94. The normalized spacial score (nSPS) is 14.0. The monoisotopic (exact) mass is 500 g/mol. The Labute approximate surface area is 167 Å². The number of amides is 1. The number of nitro groups is 1. The zero-order valence-electron chi connectivity index (χ0n) is 13.9. The molecule has 5 nitrogen and oxygen atoms in total. The number of hydrogen-bond donors (Lipinski definition) is 1. The van der Waals surface area contributed by atoms with Gasteiger partial charge < -0.3 is 5.32 Å². The van der Waals surface area contributed by atoms with Crippen molar-refractivity contribution < 1.29 is 62.4 Å². The van der Waals surface area contributed by atoms with Crippen molar-refractivity contribution in [3.63, 3.8) is 0 Å². The Morgan fingerprint density at radius 1 is 0.935 bits per heavy atom. The van der Waals surface area contributed by atoms with Gasteiger partial charge in [-0.3, -0.25) is 14.9 Å². The van der Waals surface area contributed by atoms with Crippen LogP contribution in [0.15, 0.2) is 18.2 Å². The van der Waals surface area contributed by atoms with Gasteiger partial charge >= 0.3 is 41.9 Å². The Hall–Kier alpha value is -2.46. The lowest BCUT2D eigenvalue weighted by molar-refractivity contribution is -0.406.